The number of nitrogens with two attached hydrogens (primary N) is 1. The lowest BCUT2D eigenvalue weighted by molar-refractivity contribution is 0.118. The zero-order valence-electron chi connectivity index (χ0n) is 11.4. The van der Waals surface area contributed by atoms with Gasteiger partial charge in [0.1, 0.15) is 11.7 Å². The summed E-state index contributed by atoms with van der Waals surface area (Å²) in [6.45, 7) is 4.73. The molecular weight excluding hydrogens is 230 g/mol. The Bertz CT molecular complexity index is 467. The number of aromatic nitrogens is 2. The molecule has 0 amide bonds. The second-order valence-corrected chi connectivity index (χ2v) is 4.86. The number of ether oxygens (including phenoxy) is 1. The molecule has 0 aliphatic carbocycles. The highest BCUT2D eigenvalue weighted by Crippen LogP contribution is 2.28. The quantitative estimate of drug-likeness (QED) is 0.610. The van der Waals surface area contributed by atoms with E-state index in [9.17, 15) is 0 Å². The third-order valence-electron chi connectivity index (χ3n) is 3.63. The van der Waals surface area contributed by atoms with Crippen LogP contribution in [0.1, 0.15) is 24.6 Å². The molecule has 1 aliphatic rings. The van der Waals surface area contributed by atoms with Crippen LogP contribution in [-0.2, 0) is 11.8 Å². The maximum atomic E-state index is 7.71. The van der Waals surface area contributed by atoms with Gasteiger partial charge in [-0.1, -0.05) is 0 Å². The van der Waals surface area contributed by atoms with E-state index in [0.717, 1.165) is 30.1 Å². The molecule has 0 spiro atoms. The summed E-state index contributed by atoms with van der Waals surface area (Å²) in [5, 5.41) is 12.1. The summed E-state index contributed by atoms with van der Waals surface area (Å²) < 4.78 is 7.39. The van der Waals surface area contributed by atoms with Gasteiger partial charge in [-0.3, -0.25) is 10.1 Å². The summed E-state index contributed by atoms with van der Waals surface area (Å²) in [5.41, 5.74) is 7.18. The third-order valence-corrected chi connectivity index (χ3v) is 3.63. The molecule has 2 heterocycles. The van der Waals surface area contributed by atoms with E-state index in [2.05, 4.69) is 16.9 Å². The van der Waals surface area contributed by atoms with Gasteiger partial charge in [-0.25, -0.2) is 0 Å². The molecule has 1 saturated heterocycles. The van der Waals surface area contributed by atoms with Crippen molar-refractivity contribution in [3.8, 4) is 0 Å². The van der Waals surface area contributed by atoms with Gasteiger partial charge in [0.2, 0.25) is 0 Å². The van der Waals surface area contributed by atoms with Gasteiger partial charge in [-0.2, -0.15) is 5.10 Å². The fourth-order valence-electron chi connectivity index (χ4n) is 2.75. The molecule has 0 bridgehead atoms. The lowest BCUT2D eigenvalue weighted by Crippen LogP contribution is -2.39. The molecule has 6 nitrogen and oxygen atoms in total. The topological polar surface area (TPSA) is 80.2 Å². The van der Waals surface area contributed by atoms with Crippen molar-refractivity contribution in [2.24, 2.45) is 12.8 Å². The Balaban J connectivity index is 2.40. The van der Waals surface area contributed by atoms with Gasteiger partial charge >= 0.3 is 0 Å². The average Bonchev–Trinajstić information content (AvgIpc) is 2.81. The second-order valence-electron chi connectivity index (χ2n) is 4.86. The van der Waals surface area contributed by atoms with Crippen molar-refractivity contribution in [1.82, 2.24) is 9.78 Å². The number of nitrogens with one attached hydrogen (secondary N) is 1. The number of likely N-dealkylation sites (N-methyl/N-ethyl adjacent to an activating group) is 1. The van der Waals surface area contributed by atoms with E-state index in [0.29, 0.717) is 6.04 Å². The Hall–Kier alpha value is -1.56. The summed E-state index contributed by atoms with van der Waals surface area (Å²) in [7, 11) is 3.89. The molecule has 0 aromatic carbocycles. The van der Waals surface area contributed by atoms with Crippen LogP contribution in [0.3, 0.4) is 0 Å². The summed E-state index contributed by atoms with van der Waals surface area (Å²) in [4.78, 5) is 2.13. The second kappa shape index (κ2) is 4.61. The van der Waals surface area contributed by atoms with Crippen molar-refractivity contribution < 1.29 is 4.74 Å². The van der Waals surface area contributed by atoms with E-state index < -0.39 is 0 Å². The SMILES string of the molecule is Cc1nn(C)c(N(C)C2CCOC2C)c1C(=N)N. The number of rotatable bonds is 3. The Labute approximate surface area is 107 Å². The van der Waals surface area contributed by atoms with Crippen molar-refractivity contribution in [3.05, 3.63) is 11.3 Å². The molecule has 100 valence electrons. The van der Waals surface area contributed by atoms with Crippen LogP contribution in [0, 0.1) is 12.3 Å². The highest BCUT2D eigenvalue weighted by molar-refractivity contribution is 6.00. The zero-order chi connectivity index (χ0) is 13.4. The molecule has 2 atom stereocenters. The number of amidine groups is 1. The first kappa shape index (κ1) is 12.9. The maximum Gasteiger partial charge on any atom is 0.137 e. The van der Waals surface area contributed by atoms with Crippen molar-refractivity contribution >= 4 is 11.7 Å². The number of hydrogen-bond acceptors (Lipinski definition) is 4. The Morgan fingerprint density at radius 2 is 2.28 bits per heavy atom. The van der Waals surface area contributed by atoms with Gasteiger partial charge in [0, 0.05) is 20.7 Å². The van der Waals surface area contributed by atoms with Gasteiger partial charge in [0.25, 0.3) is 0 Å². The van der Waals surface area contributed by atoms with E-state index in [1.807, 2.05) is 21.0 Å². The maximum absolute atomic E-state index is 7.71. The van der Waals surface area contributed by atoms with Crippen molar-refractivity contribution in [2.45, 2.75) is 32.4 Å². The van der Waals surface area contributed by atoms with E-state index in [1.54, 1.807) is 4.68 Å². The first-order valence-corrected chi connectivity index (χ1v) is 6.16. The molecule has 0 radical (unpaired) electrons. The summed E-state index contributed by atoms with van der Waals surface area (Å²) in [5.74, 6) is 0.955. The standard InChI is InChI=1S/C12H21N5O/c1-7-10(11(13)14)12(17(4)15-7)16(3)9-5-6-18-8(9)2/h8-9H,5-6H2,1-4H3,(H3,13,14). The highest BCUT2D eigenvalue weighted by atomic mass is 16.5. The summed E-state index contributed by atoms with van der Waals surface area (Å²) in [6.07, 6.45) is 1.17. The molecule has 0 saturated carbocycles. The van der Waals surface area contributed by atoms with Crippen molar-refractivity contribution in [3.63, 3.8) is 0 Å². The number of aryl methyl sites for hydroxylation is 2. The minimum absolute atomic E-state index is 0.0639. The van der Waals surface area contributed by atoms with Gasteiger partial charge in [0.15, 0.2) is 0 Å². The zero-order valence-corrected chi connectivity index (χ0v) is 11.4. The van der Waals surface area contributed by atoms with Crippen LogP contribution in [-0.4, -0.2) is 41.4 Å². The van der Waals surface area contributed by atoms with Gasteiger partial charge in [0.05, 0.1) is 23.4 Å². The Morgan fingerprint density at radius 1 is 1.61 bits per heavy atom. The van der Waals surface area contributed by atoms with Crippen molar-refractivity contribution in [1.29, 1.82) is 5.41 Å². The third kappa shape index (κ3) is 1.96. The fraction of sp³-hybridized carbons (Fsp3) is 0.667. The van der Waals surface area contributed by atoms with Crippen LogP contribution >= 0.6 is 0 Å². The minimum Gasteiger partial charge on any atom is -0.384 e. The molecular formula is C12H21N5O. The molecule has 2 rings (SSSR count). The molecule has 18 heavy (non-hydrogen) atoms. The van der Waals surface area contributed by atoms with Crippen molar-refractivity contribution in [2.75, 3.05) is 18.6 Å². The number of nitrogen functional groups attached to an aromatic ring is 1. The predicted octanol–water partition coefficient (Wildman–Crippen LogP) is 0.626. The molecule has 1 aromatic heterocycles. The summed E-state index contributed by atoms with van der Waals surface area (Å²) >= 11 is 0. The highest BCUT2D eigenvalue weighted by Gasteiger charge is 2.31. The predicted molar refractivity (Wildman–Crippen MR) is 71.2 cm³/mol. The van der Waals surface area contributed by atoms with Crippen LogP contribution in [0.15, 0.2) is 0 Å². The summed E-state index contributed by atoms with van der Waals surface area (Å²) in [6, 6.07) is 0.304. The van der Waals surface area contributed by atoms with E-state index in [-0.39, 0.29) is 11.9 Å². The molecule has 2 unspecified atom stereocenters. The monoisotopic (exact) mass is 251 g/mol. The first-order valence-electron chi connectivity index (χ1n) is 6.16. The Morgan fingerprint density at radius 3 is 2.78 bits per heavy atom. The fourth-order valence-corrected chi connectivity index (χ4v) is 2.75. The van der Waals surface area contributed by atoms with Crippen LogP contribution < -0.4 is 10.6 Å². The molecule has 3 N–H and O–H groups in total. The Kier molecular flexibility index (Phi) is 3.30. The van der Waals surface area contributed by atoms with Crippen LogP contribution in [0.2, 0.25) is 0 Å². The number of hydrogen-bond donors (Lipinski definition) is 2. The van der Waals surface area contributed by atoms with Gasteiger partial charge in [-0.05, 0) is 20.3 Å². The minimum atomic E-state index is 0.0639. The van der Waals surface area contributed by atoms with E-state index in [1.165, 1.54) is 0 Å². The molecule has 6 heteroatoms. The smallest absolute Gasteiger partial charge is 0.137 e. The van der Waals surface area contributed by atoms with E-state index in [4.69, 9.17) is 15.9 Å². The molecule has 1 aromatic rings. The number of anilines is 1. The van der Waals surface area contributed by atoms with Crippen LogP contribution in [0.5, 0.6) is 0 Å². The van der Waals surface area contributed by atoms with Gasteiger partial charge < -0.3 is 15.4 Å². The number of nitrogens with zero attached hydrogens (tertiary/aromatic N) is 3. The van der Waals surface area contributed by atoms with E-state index >= 15 is 0 Å². The average molecular weight is 251 g/mol. The molecule has 1 aliphatic heterocycles. The normalized spacial score (nSPS) is 23.3. The lowest BCUT2D eigenvalue weighted by Gasteiger charge is -2.29. The molecule has 1 fully saturated rings. The van der Waals surface area contributed by atoms with Crippen LogP contribution in [0.4, 0.5) is 5.82 Å². The lowest BCUT2D eigenvalue weighted by atomic mass is 10.1. The van der Waals surface area contributed by atoms with Crippen LogP contribution in [0.25, 0.3) is 0 Å². The largest absolute Gasteiger partial charge is 0.384 e. The van der Waals surface area contributed by atoms with Gasteiger partial charge in [-0.15, -0.1) is 0 Å². The first-order chi connectivity index (χ1) is 8.43.